The Bertz CT molecular complexity index is 939. The molecule has 0 aliphatic heterocycles. The minimum Gasteiger partial charge on any atom is -0.378 e. The van der Waals surface area contributed by atoms with Crippen LogP contribution in [0.4, 0.5) is 5.69 Å². The number of carbonyl (C=O) groups is 1. The number of hydrogen-bond donors (Lipinski definition) is 0. The summed E-state index contributed by atoms with van der Waals surface area (Å²) in [5.41, 5.74) is 2.71. The Balaban J connectivity index is 2.00. The molecule has 118 valence electrons. The number of anilines is 1. The summed E-state index contributed by atoms with van der Waals surface area (Å²) in [4.78, 5) is 19.4. The summed E-state index contributed by atoms with van der Waals surface area (Å²) in [6.07, 6.45) is 0. The summed E-state index contributed by atoms with van der Waals surface area (Å²) in [6.45, 7) is 0. The average Bonchev–Trinajstić information content (AvgIpc) is 2.82. The fraction of sp³-hybridized carbons (Fsp3) is 0.176. The van der Waals surface area contributed by atoms with Crippen molar-refractivity contribution >= 4 is 49.1 Å². The summed E-state index contributed by atoms with van der Waals surface area (Å²) in [6, 6.07) is 13.5. The molecule has 3 aromatic rings. The molecule has 2 aromatic carbocycles. The molecule has 0 atom stereocenters. The highest BCUT2D eigenvalue weighted by molar-refractivity contribution is 9.10. The van der Waals surface area contributed by atoms with Gasteiger partial charge in [0.05, 0.1) is 10.2 Å². The van der Waals surface area contributed by atoms with E-state index < -0.39 is 0 Å². The van der Waals surface area contributed by atoms with Gasteiger partial charge in [-0.2, -0.15) is 4.99 Å². The second-order valence-electron chi connectivity index (χ2n) is 5.41. The molecular formula is C17H16BrN3OS. The van der Waals surface area contributed by atoms with Crippen molar-refractivity contribution in [2.45, 2.75) is 0 Å². The zero-order chi connectivity index (χ0) is 16.6. The smallest absolute Gasteiger partial charge is 0.279 e. The quantitative estimate of drug-likeness (QED) is 0.668. The SMILES string of the molecule is CN(C)c1ccc(C(=O)N=c2sc3cc(Br)ccc3n2C)cc1. The minimum absolute atomic E-state index is 0.225. The standard InChI is InChI=1S/C17H16BrN3OS/c1-20(2)13-7-4-11(5-8-13)16(22)19-17-21(3)14-9-6-12(18)10-15(14)23-17/h4-10H,1-3H3. The molecule has 4 nitrogen and oxygen atoms in total. The topological polar surface area (TPSA) is 37.6 Å². The second-order valence-corrected chi connectivity index (χ2v) is 7.34. The number of aryl methyl sites for hydroxylation is 1. The number of halogens is 1. The van der Waals surface area contributed by atoms with E-state index in [2.05, 4.69) is 20.9 Å². The number of benzene rings is 2. The summed E-state index contributed by atoms with van der Waals surface area (Å²) in [7, 11) is 5.86. The van der Waals surface area contributed by atoms with Crippen LogP contribution in [0.15, 0.2) is 51.9 Å². The highest BCUT2D eigenvalue weighted by Crippen LogP contribution is 2.21. The van der Waals surface area contributed by atoms with Gasteiger partial charge in [0.15, 0.2) is 4.80 Å². The van der Waals surface area contributed by atoms with E-state index in [0.29, 0.717) is 10.4 Å². The number of nitrogens with zero attached hydrogens (tertiary/aromatic N) is 3. The van der Waals surface area contributed by atoms with Gasteiger partial charge in [-0.1, -0.05) is 27.3 Å². The van der Waals surface area contributed by atoms with Gasteiger partial charge >= 0.3 is 0 Å². The van der Waals surface area contributed by atoms with E-state index >= 15 is 0 Å². The van der Waals surface area contributed by atoms with Crippen LogP contribution in [0.5, 0.6) is 0 Å². The van der Waals surface area contributed by atoms with Crippen LogP contribution in [0.3, 0.4) is 0 Å². The number of rotatable bonds is 2. The van der Waals surface area contributed by atoms with Gasteiger partial charge in [-0.3, -0.25) is 4.79 Å². The third kappa shape index (κ3) is 3.23. The number of fused-ring (bicyclic) bond motifs is 1. The molecule has 3 rings (SSSR count). The lowest BCUT2D eigenvalue weighted by atomic mass is 10.2. The Morgan fingerprint density at radius 2 is 1.87 bits per heavy atom. The molecule has 0 N–H and O–H groups in total. The van der Waals surface area contributed by atoms with E-state index in [1.165, 1.54) is 11.3 Å². The molecule has 0 saturated carbocycles. The van der Waals surface area contributed by atoms with Crippen LogP contribution in [0.2, 0.25) is 0 Å². The van der Waals surface area contributed by atoms with Crippen LogP contribution in [-0.4, -0.2) is 24.6 Å². The molecule has 0 radical (unpaired) electrons. The molecule has 23 heavy (non-hydrogen) atoms. The molecule has 0 saturated heterocycles. The van der Waals surface area contributed by atoms with Gasteiger partial charge in [0.1, 0.15) is 0 Å². The maximum atomic E-state index is 12.4. The molecule has 1 aromatic heterocycles. The van der Waals surface area contributed by atoms with Gasteiger partial charge in [0.2, 0.25) is 0 Å². The average molecular weight is 390 g/mol. The molecule has 0 unspecified atom stereocenters. The maximum absolute atomic E-state index is 12.4. The predicted octanol–water partition coefficient (Wildman–Crippen LogP) is 3.81. The Kier molecular flexibility index (Phi) is 4.37. The fourth-order valence-electron chi connectivity index (χ4n) is 2.27. The predicted molar refractivity (Wildman–Crippen MR) is 99.2 cm³/mol. The molecule has 1 amide bonds. The highest BCUT2D eigenvalue weighted by atomic mass is 79.9. The van der Waals surface area contributed by atoms with Crippen LogP contribution in [-0.2, 0) is 7.05 Å². The van der Waals surface area contributed by atoms with Gasteiger partial charge in [-0.15, -0.1) is 0 Å². The number of aromatic nitrogens is 1. The summed E-state index contributed by atoms with van der Waals surface area (Å²) in [5, 5.41) is 0. The van der Waals surface area contributed by atoms with E-state index in [4.69, 9.17) is 0 Å². The Labute approximate surface area is 146 Å². The zero-order valence-electron chi connectivity index (χ0n) is 13.1. The first-order valence-corrected chi connectivity index (χ1v) is 8.68. The maximum Gasteiger partial charge on any atom is 0.279 e. The van der Waals surface area contributed by atoms with E-state index in [0.717, 1.165) is 20.4 Å². The Morgan fingerprint density at radius 3 is 2.52 bits per heavy atom. The molecule has 0 spiro atoms. The Morgan fingerprint density at radius 1 is 1.17 bits per heavy atom. The number of amides is 1. The lowest BCUT2D eigenvalue weighted by Crippen LogP contribution is -2.13. The van der Waals surface area contributed by atoms with E-state index in [1.54, 1.807) is 0 Å². The number of thiazole rings is 1. The van der Waals surface area contributed by atoms with Crippen molar-refractivity contribution in [1.82, 2.24) is 4.57 Å². The molecule has 0 aliphatic carbocycles. The molecule has 0 aliphatic rings. The molecular weight excluding hydrogens is 374 g/mol. The lowest BCUT2D eigenvalue weighted by molar-refractivity contribution is 0.0998. The van der Waals surface area contributed by atoms with Gasteiger partial charge in [-0.05, 0) is 42.5 Å². The van der Waals surface area contributed by atoms with Gasteiger partial charge in [0.25, 0.3) is 5.91 Å². The largest absolute Gasteiger partial charge is 0.378 e. The molecule has 0 fully saturated rings. The van der Waals surface area contributed by atoms with Crippen molar-refractivity contribution in [3.05, 3.63) is 57.3 Å². The summed E-state index contributed by atoms with van der Waals surface area (Å²) < 4.78 is 4.05. The van der Waals surface area contributed by atoms with Crippen LogP contribution >= 0.6 is 27.3 Å². The molecule has 0 bridgehead atoms. The normalized spacial score (nSPS) is 11.9. The monoisotopic (exact) mass is 389 g/mol. The van der Waals surface area contributed by atoms with Crippen molar-refractivity contribution < 1.29 is 4.79 Å². The Hall–Kier alpha value is -1.92. The first kappa shape index (κ1) is 16.0. The van der Waals surface area contributed by atoms with Crippen LogP contribution in [0, 0.1) is 0 Å². The van der Waals surface area contributed by atoms with Crippen LogP contribution in [0.25, 0.3) is 10.2 Å². The zero-order valence-corrected chi connectivity index (χ0v) is 15.5. The van der Waals surface area contributed by atoms with Gasteiger partial charge < -0.3 is 9.47 Å². The van der Waals surface area contributed by atoms with E-state index in [9.17, 15) is 4.79 Å². The highest BCUT2D eigenvalue weighted by Gasteiger charge is 2.08. The fourth-order valence-corrected chi connectivity index (χ4v) is 3.84. The minimum atomic E-state index is -0.225. The van der Waals surface area contributed by atoms with E-state index in [1.807, 2.05) is 73.1 Å². The van der Waals surface area contributed by atoms with Gasteiger partial charge in [0, 0.05) is 36.9 Å². The van der Waals surface area contributed by atoms with Crippen molar-refractivity contribution in [2.75, 3.05) is 19.0 Å². The second kappa shape index (κ2) is 6.29. The van der Waals surface area contributed by atoms with Gasteiger partial charge in [-0.25, -0.2) is 0 Å². The van der Waals surface area contributed by atoms with E-state index in [-0.39, 0.29) is 5.91 Å². The third-order valence-electron chi connectivity index (χ3n) is 3.60. The first-order valence-electron chi connectivity index (χ1n) is 7.07. The molecule has 1 heterocycles. The summed E-state index contributed by atoms with van der Waals surface area (Å²) >= 11 is 4.97. The first-order chi connectivity index (χ1) is 11.0. The van der Waals surface area contributed by atoms with Crippen molar-refractivity contribution in [3.63, 3.8) is 0 Å². The lowest BCUT2D eigenvalue weighted by Gasteiger charge is -2.11. The molecule has 6 heteroatoms. The van der Waals surface area contributed by atoms with Crippen LogP contribution < -0.4 is 9.70 Å². The third-order valence-corrected chi connectivity index (χ3v) is 5.19. The van der Waals surface area contributed by atoms with Crippen LogP contribution in [0.1, 0.15) is 10.4 Å². The number of hydrogen-bond acceptors (Lipinski definition) is 3. The van der Waals surface area contributed by atoms with Crippen molar-refractivity contribution in [3.8, 4) is 0 Å². The van der Waals surface area contributed by atoms with Crippen molar-refractivity contribution in [2.24, 2.45) is 12.0 Å². The van der Waals surface area contributed by atoms with Crippen molar-refractivity contribution in [1.29, 1.82) is 0 Å². The number of carbonyl (C=O) groups excluding carboxylic acids is 1. The summed E-state index contributed by atoms with van der Waals surface area (Å²) in [5.74, 6) is -0.225.